The second-order valence-electron chi connectivity index (χ2n) is 12.3. The molecule has 0 bridgehead atoms. The number of aryl methyl sites for hydroxylation is 1. The van der Waals surface area contributed by atoms with Gasteiger partial charge in [0, 0.05) is 44.8 Å². The van der Waals surface area contributed by atoms with E-state index in [1.807, 2.05) is 66.7 Å². The van der Waals surface area contributed by atoms with E-state index in [9.17, 15) is 0 Å². The van der Waals surface area contributed by atoms with Gasteiger partial charge in [0.05, 0.1) is 0 Å². The molecule has 5 heteroatoms. The fourth-order valence-corrected chi connectivity index (χ4v) is 7.06. The van der Waals surface area contributed by atoms with Gasteiger partial charge in [0.2, 0.25) is 0 Å². The Labute approximate surface area is 275 Å². The number of rotatable bonds is 4. The van der Waals surface area contributed by atoms with Crippen LogP contribution in [0, 0.1) is 0 Å². The van der Waals surface area contributed by atoms with Gasteiger partial charge in [0.15, 0.2) is 17.5 Å². The van der Waals surface area contributed by atoms with Crippen molar-refractivity contribution in [1.82, 2.24) is 15.0 Å². The highest BCUT2D eigenvalue weighted by Gasteiger charge is 2.23. The number of hydrogen-bond donors (Lipinski definition) is 0. The zero-order valence-corrected chi connectivity index (χ0v) is 25.9. The molecule has 226 valence electrons. The van der Waals surface area contributed by atoms with Crippen molar-refractivity contribution in [2.45, 2.75) is 12.8 Å². The molecule has 0 amide bonds. The second kappa shape index (κ2) is 10.6. The van der Waals surface area contributed by atoms with Crippen LogP contribution in [0.4, 0.5) is 0 Å². The van der Waals surface area contributed by atoms with E-state index in [-0.39, 0.29) is 0 Å². The highest BCUT2D eigenvalue weighted by molar-refractivity contribution is 6.06. The number of hydrogen-bond acceptors (Lipinski definition) is 5. The van der Waals surface area contributed by atoms with E-state index in [4.69, 9.17) is 23.8 Å². The smallest absolute Gasteiger partial charge is 0.164 e. The lowest BCUT2D eigenvalue weighted by molar-refractivity contribution is 0.548. The van der Waals surface area contributed by atoms with Gasteiger partial charge >= 0.3 is 0 Å². The van der Waals surface area contributed by atoms with Crippen LogP contribution in [0.25, 0.3) is 89.5 Å². The van der Waals surface area contributed by atoms with Crippen LogP contribution in [0.1, 0.15) is 23.3 Å². The third kappa shape index (κ3) is 4.36. The molecule has 0 N–H and O–H groups in total. The van der Waals surface area contributed by atoms with Crippen LogP contribution in [0.15, 0.2) is 142 Å². The fourth-order valence-electron chi connectivity index (χ4n) is 7.06. The number of benzene rings is 6. The van der Waals surface area contributed by atoms with E-state index < -0.39 is 0 Å². The van der Waals surface area contributed by atoms with Crippen LogP contribution in [-0.4, -0.2) is 15.0 Å². The number of para-hydroxylation sites is 1. The number of allylic oxidation sites excluding steroid dienone is 1. The van der Waals surface area contributed by atoms with Crippen LogP contribution in [0.2, 0.25) is 0 Å². The molecule has 5 nitrogen and oxygen atoms in total. The molecule has 48 heavy (non-hydrogen) atoms. The van der Waals surface area contributed by atoms with Crippen LogP contribution in [0.5, 0.6) is 0 Å². The van der Waals surface area contributed by atoms with E-state index in [0.29, 0.717) is 17.5 Å². The van der Waals surface area contributed by atoms with Crippen molar-refractivity contribution in [3.8, 4) is 34.2 Å². The monoisotopic (exact) mass is 617 g/mol. The van der Waals surface area contributed by atoms with Crippen molar-refractivity contribution in [3.05, 3.63) is 150 Å². The summed E-state index contributed by atoms with van der Waals surface area (Å²) in [6.07, 6.45) is 4.05. The van der Waals surface area contributed by atoms with Gasteiger partial charge in [0.1, 0.15) is 22.5 Å². The van der Waals surface area contributed by atoms with Gasteiger partial charge in [-0.05, 0) is 64.7 Å². The Hall–Kier alpha value is -6.33. The molecule has 0 atom stereocenters. The molecule has 1 aliphatic carbocycles. The van der Waals surface area contributed by atoms with Crippen molar-refractivity contribution >= 4 is 55.3 Å². The van der Waals surface area contributed by atoms with Crippen LogP contribution >= 0.6 is 0 Å². The Balaban J connectivity index is 1.16. The van der Waals surface area contributed by atoms with E-state index in [1.165, 1.54) is 21.9 Å². The van der Waals surface area contributed by atoms with Crippen LogP contribution < -0.4 is 0 Å². The predicted octanol–water partition coefficient (Wildman–Crippen LogP) is 11.2. The summed E-state index contributed by atoms with van der Waals surface area (Å²) in [5, 5.41) is 5.66. The number of nitrogens with zero attached hydrogens (tertiary/aromatic N) is 3. The second-order valence-corrected chi connectivity index (χ2v) is 12.3. The van der Waals surface area contributed by atoms with Crippen molar-refractivity contribution in [3.63, 3.8) is 0 Å². The molecule has 10 rings (SSSR count). The van der Waals surface area contributed by atoms with E-state index in [1.54, 1.807) is 0 Å². The summed E-state index contributed by atoms with van der Waals surface area (Å²) >= 11 is 0. The topological polar surface area (TPSA) is 65.0 Å². The molecular formula is C43H27N3O2. The standard InChI is InChI=1S/C43H27N3O2/c1-2-10-27(11-3-1)41-44-42(31-19-21-33-32-13-6-7-15-36(32)48-39(33)25-31)46-43(45-41)34-14-8-16-38-40(34)35-24-30(20-22-37(35)47-38)29-18-17-26-9-4-5-12-28(26)23-29/h1-19,21,23-25H,20,22H2. The zero-order valence-electron chi connectivity index (χ0n) is 25.9. The average Bonchev–Trinajstić information content (AvgIpc) is 3.72. The van der Waals surface area contributed by atoms with Crippen molar-refractivity contribution in [2.24, 2.45) is 0 Å². The third-order valence-corrected chi connectivity index (χ3v) is 9.43. The summed E-state index contributed by atoms with van der Waals surface area (Å²) in [6.45, 7) is 0. The highest BCUT2D eigenvalue weighted by atomic mass is 16.3. The maximum Gasteiger partial charge on any atom is 0.164 e. The largest absolute Gasteiger partial charge is 0.460 e. The average molecular weight is 618 g/mol. The van der Waals surface area contributed by atoms with Gasteiger partial charge in [-0.1, -0.05) is 103 Å². The summed E-state index contributed by atoms with van der Waals surface area (Å²) in [5.74, 6) is 2.80. The summed E-state index contributed by atoms with van der Waals surface area (Å²) in [5.41, 5.74) is 8.83. The minimum atomic E-state index is 0.586. The SMILES string of the molecule is C1=C(c2ccc3ccccc3c2)CCc2oc3cccc(-c4nc(-c5ccccc5)nc(-c5ccc6c(c5)oc5ccccc56)n4)c3c21. The normalized spacial score (nSPS) is 13.0. The van der Waals surface area contributed by atoms with Gasteiger partial charge in [-0.3, -0.25) is 0 Å². The summed E-state index contributed by atoms with van der Waals surface area (Å²) in [7, 11) is 0. The molecule has 0 spiro atoms. The molecule has 3 heterocycles. The molecule has 1 aliphatic rings. The minimum absolute atomic E-state index is 0.586. The first kappa shape index (κ1) is 26.8. The Morgan fingerprint density at radius 1 is 0.458 bits per heavy atom. The van der Waals surface area contributed by atoms with Gasteiger partial charge in [-0.2, -0.15) is 0 Å². The first-order valence-electron chi connectivity index (χ1n) is 16.2. The predicted molar refractivity (Wildman–Crippen MR) is 193 cm³/mol. The minimum Gasteiger partial charge on any atom is -0.460 e. The number of furan rings is 2. The Morgan fingerprint density at radius 2 is 1.19 bits per heavy atom. The lowest BCUT2D eigenvalue weighted by Gasteiger charge is -2.14. The zero-order chi connectivity index (χ0) is 31.6. The fraction of sp³-hybridized carbons (Fsp3) is 0.0465. The van der Waals surface area contributed by atoms with Gasteiger partial charge in [0.25, 0.3) is 0 Å². The molecule has 0 radical (unpaired) electrons. The maximum atomic E-state index is 6.49. The van der Waals surface area contributed by atoms with Crippen molar-refractivity contribution in [1.29, 1.82) is 0 Å². The molecule has 6 aromatic carbocycles. The molecule has 0 saturated carbocycles. The maximum absolute atomic E-state index is 6.49. The van der Waals surface area contributed by atoms with Gasteiger partial charge in [-0.25, -0.2) is 15.0 Å². The van der Waals surface area contributed by atoms with E-state index in [2.05, 4.69) is 72.8 Å². The molecular weight excluding hydrogens is 590 g/mol. The first-order valence-corrected chi connectivity index (χ1v) is 16.2. The van der Waals surface area contributed by atoms with Gasteiger partial charge in [-0.15, -0.1) is 0 Å². The molecule has 0 fully saturated rings. The number of fused-ring (bicyclic) bond motifs is 7. The Bertz CT molecular complexity index is 2740. The van der Waals surface area contributed by atoms with Gasteiger partial charge < -0.3 is 8.83 Å². The molecule has 0 unspecified atom stereocenters. The van der Waals surface area contributed by atoms with Crippen LogP contribution in [-0.2, 0) is 6.42 Å². The molecule has 9 aromatic rings. The summed E-state index contributed by atoms with van der Waals surface area (Å²) < 4.78 is 12.7. The third-order valence-electron chi connectivity index (χ3n) is 9.43. The molecule has 0 saturated heterocycles. The lowest BCUT2D eigenvalue weighted by atomic mass is 9.89. The highest BCUT2D eigenvalue weighted by Crippen LogP contribution is 2.41. The molecule has 3 aromatic heterocycles. The Morgan fingerprint density at radius 3 is 2.10 bits per heavy atom. The van der Waals surface area contributed by atoms with Crippen molar-refractivity contribution < 1.29 is 8.83 Å². The number of aromatic nitrogens is 3. The first-order chi connectivity index (χ1) is 23.7. The van der Waals surface area contributed by atoms with E-state index in [0.717, 1.165) is 73.8 Å². The quantitative estimate of drug-likeness (QED) is 0.197. The summed E-state index contributed by atoms with van der Waals surface area (Å²) in [4.78, 5) is 15.2. The Kier molecular flexibility index (Phi) is 5.93. The molecule has 0 aliphatic heterocycles. The van der Waals surface area contributed by atoms with Crippen LogP contribution in [0.3, 0.4) is 0 Å². The van der Waals surface area contributed by atoms with Crippen molar-refractivity contribution in [2.75, 3.05) is 0 Å². The summed E-state index contributed by atoms with van der Waals surface area (Å²) in [6, 6.07) is 45.7. The van der Waals surface area contributed by atoms with E-state index >= 15 is 0 Å². The lowest BCUT2D eigenvalue weighted by Crippen LogP contribution is -2.01.